The summed E-state index contributed by atoms with van der Waals surface area (Å²) in [5, 5.41) is 16.8. The van der Waals surface area contributed by atoms with Gasteiger partial charge in [0, 0.05) is 10.6 Å². The number of aromatic carboxylic acids is 1. The zero-order chi connectivity index (χ0) is 14.7. The van der Waals surface area contributed by atoms with E-state index in [4.69, 9.17) is 16.7 Å². The van der Waals surface area contributed by atoms with Crippen molar-refractivity contribution < 1.29 is 14.3 Å². The summed E-state index contributed by atoms with van der Waals surface area (Å²) >= 11 is 5.69. The van der Waals surface area contributed by atoms with Gasteiger partial charge in [-0.1, -0.05) is 36.2 Å². The van der Waals surface area contributed by atoms with Crippen molar-refractivity contribution in [1.82, 2.24) is 15.0 Å². The van der Waals surface area contributed by atoms with E-state index in [0.29, 0.717) is 22.7 Å². The molecule has 0 unspecified atom stereocenters. The maximum atomic E-state index is 13.8. The minimum atomic E-state index is -1.13. The van der Waals surface area contributed by atoms with Crippen LogP contribution in [0.2, 0.25) is 5.02 Å². The van der Waals surface area contributed by atoms with Crippen molar-refractivity contribution in [1.29, 1.82) is 0 Å². The van der Waals surface area contributed by atoms with Crippen LogP contribution in [0.1, 0.15) is 35.1 Å². The molecule has 0 radical (unpaired) electrons. The van der Waals surface area contributed by atoms with Crippen LogP contribution < -0.4 is 0 Å². The number of aromatic nitrogens is 3. The van der Waals surface area contributed by atoms with E-state index in [-0.39, 0.29) is 12.2 Å². The molecule has 1 N–H and O–H groups in total. The van der Waals surface area contributed by atoms with E-state index in [9.17, 15) is 9.18 Å². The Kier molecular flexibility index (Phi) is 4.34. The van der Waals surface area contributed by atoms with Crippen LogP contribution in [-0.2, 0) is 13.0 Å². The Bertz CT molecular complexity index is 643. The summed E-state index contributed by atoms with van der Waals surface area (Å²) in [5.74, 6) is -1.58. The van der Waals surface area contributed by atoms with Crippen LogP contribution in [0.3, 0.4) is 0 Å². The van der Waals surface area contributed by atoms with Crippen LogP contribution in [0.5, 0.6) is 0 Å². The summed E-state index contributed by atoms with van der Waals surface area (Å²) < 4.78 is 15.2. The second-order valence-corrected chi connectivity index (χ2v) is 4.77. The molecule has 1 heterocycles. The normalized spacial score (nSPS) is 10.8. The molecule has 2 aromatic rings. The average molecular weight is 298 g/mol. The topological polar surface area (TPSA) is 68.0 Å². The van der Waals surface area contributed by atoms with E-state index in [1.54, 1.807) is 12.1 Å². The SMILES string of the molecule is CCCc1c(C(=O)O)nnn1Cc1ccc(Cl)cc1F. The monoisotopic (exact) mass is 297 g/mol. The lowest BCUT2D eigenvalue weighted by molar-refractivity contribution is 0.0689. The van der Waals surface area contributed by atoms with Gasteiger partial charge in [-0.05, 0) is 18.6 Å². The minimum Gasteiger partial charge on any atom is -0.476 e. The average Bonchev–Trinajstić information content (AvgIpc) is 2.77. The van der Waals surface area contributed by atoms with Gasteiger partial charge in [0.15, 0.2) is 5.69 Å². The van der Waals surface area contributed by atoms with Gasteiger partial charge in [0.05, 0.1) is 12.2 Å². The van der Waals surface area contributed by atoms with E-state index in [0.717, 1.165) is 6.42 Å². The number of halogens is 2. The van der Waals surface area contributed by atoms with Gasteiger partial charge in [-0.3, -0.25) is 0 Å². The molecular formula is C13H13ClFN3O2. The van der Waals surface area contributed by atoms with Gasteiger partial charge >= 0.3 is 5.97 Å². The molecule has 0 atom stereocenters. The van der Waals surface area contributed by atoms with E-state index in [1.165, 1.54) is 10.7 Å². The molecule has 20 heavy (non-hydrogen) atoms. The van der Waals surface area contributed by atoms with E-state index in [1.807, 2.05) is 6.92 Å². The summed E-state index contributed by atoms with van der Waals surface area (Å²) in [7, 11) is 0. The summed E-state index contributed by atoms with van der Waals surface area (Å²) in [4.78, 5) is 11.1. The number of carboxylic acids is 1. The standard InChI is InChI=1S/C13H13ClFN3O2/c1-2-3-11-12(13(19)20)16-17-18(11)7-8-4-5-9(14)6-10(8)15/h4-6H,2-3,7H2,1H3,(H,19,20). The van der Waals surface area contributed by atoms with Crippen LogP contribution in [-0.4, -0.2) is 26.1 Å². The van der Waals surface area contributed by atoms with Gasteiger partial charge in [0.1, 0.15) is 5.82 Å². The molecule has 0 aliphatic rings. The number of hydrogen-bond donors (Lipinski definition) is 1. The van der Waals surface area contributed by atoms with Crippen LogP contribution in [0.25, 0.3) is 0 Å². The lowest BCUT2D eigenvalue weighted by Crippen LogP contribution is -2.10. The molecule has 0 bridgehead atoms. The third kappa shape index (κ3) is 2.96. The molecule has 0 fully saturated rings. The highest BCUT2D eigenvalue weighted by Gasteiger charge is 2.18. The van der Waals surface area contributed by atoms with Gasteiger partial charge < -0.3 is 5.11 Å². The van der Waals surface area contributed by atoms with Crippen LogP contribution in [0.15, 0.2) is 18.2 Å². The maximum Gasteiger partial charge on any atom is 0.358 e. The summed E-state index contributed by atoms with van der Waals surface area (Å²) in [6, 6.07) is 4.34. The van der Waals surface area contributed by atoms with Crippen molar-refractivity contribution in [3.8, 4) is 0 Å². The number of carbonyl (C=O) groups is 1. The first kappa shape index (κ1) is 14.5. The summed E-state index contributed by atoms with van der Waals surface area (Å²) in [6.45, 7) is 2.05. The zero-order valence-corrected chi connectivity index (χ0v) is 11.6. The van der Waals surface area contributed by atoms with Crippen LogP contribution >= 0.6 is 11.6 Å². The first-order valence-electron chi connectivity index (χ1n) is 6.12. The number of rotatable bonds is 5. The van der Waals surface area contributed by atoms with Gasteiger partial charge in [0.2, 0.25) is 0 Å². The Morgan fingerprint density at radius 3 is 2.85 bits per heavy atom. The van der Waals surface area contributed by atoms with Gasteiger partial charge in [-0.2, -0.15) is 0 Å². The zero-order valence-electron chi connectivity index (χ0n) is 10.8. The largest absolute Gasteiger partial charge is 0.476 e. The molecule has 0 aliphatic carbocycles. The number of carboxylic acid groups (broad SMARTS) is 1. The summed E-state index contributed by atoms with van der Waals surface area (Å²) in [5.41, 5.74) is 0.796. The first-order valence-corrected chi connectivity index (χ1v) is 6.50. The minimum absolute atomic E-state index is 0.0822. The lowest BCUT2D eigenvalue weighted by atomic mass is 10.1. The summed E-state index contributed by atoms with van der Waals surface area (Å²) in [6.07, 6.45) is 1.26. The molecule has 0 spiro atoms. The molecular weight excluding hydrogens is 285 g/mol. The Morgan fingerprint density at radius 2 is 2.25 bits per heavy atom. The molecule has 1 aromatic heterocycles. The highest BCUT2D eigenvalue weighted by molar-refractivity contribution is 6.30. The molecule has 1 aromatic carbocycles. The third-order valence-electron chi connectivity index (χ3n) is 2.86. The Morgan fingerprint density at radius 1 is 1.50 bits per heavy atom. The second-order valence-electron chi connectivity index (χ2n) is 4.33. The molecule has 106 valence electrons. The van der Waals surface area contributed by atoms with E-state index >= 15 is 0 Å². The van der Waals surface area contributed by atoms with Crippen molar-refractivity contribution in [2.24, 2.45) is 0 Å². The van der Waals surface area contributed by atoms with Crippen molar-refractivity contribution >= 4 is 17.6 Å². The maximum absolute atomic E-state index is 13.8. The van der Waals surface area contributed by atoms with E-state index < -0.39 is 11.8 Å². The van der Waals surface area contributed by atoms with Crippen molar-refractivity contribution in [3.63, 3.8) is 0 Å². The van der Waals surface area contributed by atoms with Crippen LogP contribution in [0, 0.1) is 5.82 Å². The van der Waals surface area contributed by atoms with Crippen LogP contribution in [0.4, 0.5) is 4.39 Å². The first-order chi connectivity index (χ1) is 9.52. The lowest BCUT2D eigenvalue weighted by Gasteiger charge is -2.07. The smallest absolute Gasteiger partial charge is 0.358 e. The molecule has 0 amide bonds. The highest BCUT2D eigenvalue weighted by atomic mass is 35.5. The Hall–Kier alpha value is -1.95. The quantitative estimate of drug-likeness (QED) is 0.921. The Balaban J connectivity index is 2.35. The molecule has 0 saturated heterocycles. The highest BCUT2D eigenvalue weighted by Crippen LogP contribution is 2.17. The van der Waals surface area contributed by atoms with Gasteiger partial charge in [-0.25, -0.2) is 13.9 Å². The number of hydrogen-bond acceptors (Lipinski definition) is 3. The fraction of sp³-hybridized carbons (Fsp3) is 0.308. The second kappa shape index (κ2) is 6.00. The molecule has 7 heteroatoms. The van der Waals surface area contributed by atoms with Crippen molar-refractivity contribution in [2.75, 3.05) is 0 Å². The fourth-order valence-electron chi connectivity index (χ4n) is 1.92. The van der Waals surface area contributed by atoms with Gasteiger partial charge in [0.25, 0.3) is 0 Å². The van der Waals surface area contributed by atoms with Gasteiger partial charge in [-0.15, -0.1) is 5.10 Å². The fourth-order valence-corrected chi connectivity index (χ4v) is 2.08. The Labute approximate surface area is 120 Å². The third-order valence-corrected chi connectivity index (χ3v) is 3.10. The molecule has 0 saturated carbocycles. The van der Waals surface area contributed by atoms with E-state index in [2.05, 4.69) is 10.3 Å². The number of benzene rings is 1. The predicted molar refractivity (Wildman–Crippen MR) is 71.5 cm³/mol. The molecule has 0 aliphatic heterocycles. The molecule has 2 rings (SSSR count). The number of nitrogens with zero attached hydrogens (tertiary/aromatic N) is 3. The van der Waals surface area contributed by atoms with Crippen molar-refractivity contribution in [3.05, 3.63) is 46.0 Å². The molecule has 5 nitrogen and oxygen atoms in total. The predicted octanol–water partition coefficient (Wildman–Crippen LogP) is 2.77. The van der Waals surface area contributed by atoms with Crippen molar-refractivity contribution in [2.45, 2.75) is 26.3 Å².